The zero-order chi connectivity index (χ0) is 22.6. The summed E-state index contributed by atoms with van der Waals surface area (Å²) in [7, 11) is 0. The summed E-state index contributed by atoms with van der Waals surface area (Å²) in [6.07, 6.45) is 2.71. The van der Waals surface area contributed by atoms with Gasteiger partial charge < -0.3 is 5.32 Å². The van der Waals surface area contributed by atoms with E-state index in [1.165, 1.54) is 11.8 Å². The fraction of sp³-hybridized carbons (Fsp3) is 0.192. The normalized spacial score (nSPS) is 14.1. The van der Waals surface area contributed by atoms with Crippen molar-refractivity contribution in [2.75, 3.05) is 0 Å². The van der Waals surface area contributed by atoms with E-state index in [0.29, 0.717) is 16.6 Å². The van der Waals surface area contributed by atoms with E-state index in [0.717, 1.165) is 35.5 Å². The summed E-state index contributed by atoms with van der Waals surface area (Å²) in [5.74, 6) is 0.810. The van der Waals surface area contributed by atoms with Crippen LogP contribution in [-0.2, 0) is 11.2 Å². The third-order valence-corrected chi connectivity index (χ3v) is 6.93. The Kier molecular flexibility index (Phi) is 6.46. The number of carbonyl (C=O) groups is 1. The van der Waals surface area contributed by atoms with Crippen LogP contribution in [0.15, 0.2) is 90.1 Å². The maximum absolute atomic E-state index is 13.2. The van der Waals surface area contributed by atoms with E-state index in [1.54, 1.807) is 0 Å². The average Bonchev–Trinajstić information content (AvgIpc) is 3.58. The second-order valence-electron chi connectivity index (χ2n) is 8.06. The lowest BCUT2D eigenvalue weighted by atomic mass is 10.1. The van der Waals surface area contributed by atoms with Crippen LogP contribution in [0.2, 0.25) is 5.02 Å². The summed E-state index contributed by atoms with van der Waals surface area (Å²) < 4.78 is 2.02. The molecular weight excluding hydrogens is 452 g/mol. The average molecular weight is 475 g/mol. The van der Waals surface area contributed by atoms with Crippen LogP contribution in [0.5, 0.6) is 0 Å². The lowest BCUT2D eigenvalue weighted by Crippen LogP contribution is -2.30. The summed E-state index contributed by atoms with van der Waals surface area (Å²) in [6, 6.07) is 27.9. The third-order valence-electron chi connectivity index (χ3n) is 5.48. The predicted octanol–water partition coefficient (Wildman–Crippen LogP) is 5.62. The first-order valence-electron chi connectivity index (χ1n) is 10.9. The molecule has 1 saturated carbocycles. The van der Waals surface area contributed by atoms with Crippen LogP contribution in [0, 0.1) is 0 Å². The van der Waals surface area contributed by atoms with Gasteiger partial charge in [-0.25, -0.2) is 0 Å². The third kappa shape index (κ3) is 5.29. The van der Waals surface area contributed by atoms with Gasteiger partial charge in [-0.2, -0.15) is 0 Å². The van der Waals surface area contributed by atoms with Crippen LogP contribution in [-0.4, -0.2) is 26.7 Å². The Balaban J connectivity index is 1.52. The number of nitrogens with zero attached hydrogens (tertiary/aromatic N) is 3. The van der Waals surface area contributed by atoms with Crippen LogP contribution >= 0.6 is 23.4 Å². The van der Waals surface area contributed by atoms with Gasteiger partial charge in [0.25, 0.3) is 0 Å². The molecule has 0 spiro atoms. The molecule has 0 radical (unpaired) electrons. The van der Waals surface area contributed by atoms with Gasteiger partial charge in [-0.15, -0.1) is 10.2 Å². The van der Waals surface area contributed by atoms with Crippen molar-refractivity contribution in [2.24, 2.45) is 0 Å². The van der Waals surface area contributed by atoms with Crippen LogP contribution in [0.4, 0.5) is 0 Å². The van der Waals surface area contributed by atoms with Gasteiger partial charge in [0, 0.05) is 23.2 Å². The maximum Gasteiger partial charge on any atom is 0.238 e. The molecule has 1 heterocycles. The van der Waals surface area contributed by atoms with Crippen molar-refractivity contribution in [2.45, 2.75) is 35.7 Å². The second kappa shape index (κ2) is 9.81. The van der Waals surface area contributed by atoms with Crippen LogP contribution in [0.25, 0.3) is 5.69 Å². The number of rotatable bonds is 8. The molecule has 4 aromatic rings. The molecule has 166 valence electrons. The molecule has 33 heavy (non-hydrogen) atoms. The smallest absolute Gasteiger partial charge is 0.238 e. The van der Waals surface area contributed by atoms with Gasteiger partial charge in [0.05, 0.1) is 0 Å². The number of amides is 1. The van der Waals surface area contributed by atoms with E-state index in [1.807, 2.05) is 77.4 Å². The lowest BCUT2D eigenvalue weighted by Gasteiger charge is -2.17. The fourth-order valence-corrected chi connectivity index (χ4v) is 4.84. The molecule has 1 fully saturated rings. The van der Waals surface area contributed by atoms with E-state index < -0.39 is 5.25 Å². The molecule has 0 bridgehead atoms. The molecule has 3 aromatic carbocycles. The molecule has 0 saturated heterocycles. The van der Waals surface area contributed by atoms with Gasteiger partial charge in [0.1, 0.15) is 11.1 Å². The molecule has 5 rings (SSSR count). The van der Waals surface area contributed by atoms with Crippen molar-refractivity contribution >= 4 is 29.3 Å². The van der Waals surface area contributed by atoms with Crippen molar-refractivity contribution in [3.05, 3.63) is 107 Å². The summed E-state index contributed by atoms with van der Waals surface area (Å²) in [6.45, 7) is 0. The van der Waals surface area contributed by atoms with Crippen molar-refractivity contribution in [3.63, 3.8) is 0 Å². The van der Waals surface area contributed by atoms with Gasteiger partial charge in [0.15, 0.2) is 5.16 Å². The van der Waals surface area contributed by atoms with Gasteiger partial charge in [0.2, 0.25) is 5.91 Å². The van der Waals surface area contributed by atoms with E-state index in [-0.39, 0.29) is 11.9 Å². The number of aromatic nitrogens is 3. The Morgan fingerprint density at radius 2 is 1.64 bits per heavy atom. The first-order chi connectivity index (χ1) is 16.2. The molecule has 1 N–H and O–H groups in total. The fourth-order valence-electron chi connectivity index (χ4n) is 3.63. The Morgan fingerprint density at radius 1 is 0.970 bits per heavy atom. The monoisotopic (exact) mass is 474 g/mol. The highest BCUT2D eigenvalue weighted by Gasteiger charge is 2.31. The molecule has 0 aliphatic heterocycles. The predicted molar refractivity (Wildman–Crippen MR) is 132 cm³/mol. The minimum Gasteiger partial charge on any atom is -0.352 e. The Bertz CT molecular complexity index is 1220. The molecule has 7 heteroatoms. The molecule has 1 amide bonds. The number of benzene rings is 3. The standard InChI is InChI=1S/C26H23ClN4OS/c27-20-11-15-22(16-12-20)31-23(17-18-7-3-1-4-8-18)29-30-26(31)33-24(19-9-5-2-6-10-19)25(32)28-21-13-14-21/h1-12,15-16,21,24H,13-14,17H2,(H,28,32). The number of nitrogens with one attached hydrogen (secondary N) is 1. The minimum atomic E-state index is -0.424. The molecule has 1 aromatic heterocycles. The number of hydrogen-bond acceptors (Lipinski definition) is 4. The van der Waals surface area contributed by atoms with Gasteiger partial charge in [-0.3, -0.25) is 9.36 Å². The molecular formula is C26H23ClN4OS. The summed E-state index contributed by atoms with van der Waals surface area (Å²) in [5, 5.41) is 13.1. The van der Waals surface area contributed by atoms with Crippen molar-refractivity contribution in [3.8, 4) is 5.69 Å². The van der Waals surface area contributed by atoms with Crippen LogP contribution in [0.1, 0.15) is 35.0 Å². The largest absolute Gasteiger partial charge is 0.352 e. The van der Waals surface area contributed by atoms with E-state index in [9.17, 15) is 4.79 Å². The zero-order valence-corrected chi connectivity index (χ0v) is 19.5. The molecule has 1 aliphatic rings. The SMILES string of the molecule is O=C(NC1CC1)C(Sc1nnc(Cc2ccccc2)n1-c1ccc(Cl)cc1)c1ccccc1. The molecule has 1 atom stereocenters. The topological polar surface area (TPSA) is 59.8 Å². The van der Waals surface area contributed by atoms with Crippen LogP contribution < -0.4 is 5.32 Å². The number of hydrogen-bond donors (Lipinski definition) is 1. The second-order valence-corrected chi connectivity index (χ2v) is 9.57. The summed E-state index contributed by atoms with van der Waals surface area (Å²) in [5.41, 5.74) is 2.99. The Labute approximate surface area is 202 Å². The van der Waals surface area contributed by atoms with Crippen LogP contribution in [0.3, 0.4) is 0 Å². The number of halogens is 1. The molecule has 1 unspecified atom stereocenters. The summed E-state index contributed by atoms with van der Waals surface area (Å²) in [4.78, 5) is 13.2. The van der Waals surface area contributed by atoms with Crippen molar-refractivity contribution in [1.82, 2.24) is 20.1 Å². The highest BCUT2D eigenvalue weighted by atomic mass is 35.5. The van der Waals surface area contributed by atoms with E-state index >= 15 is 0 Å². The molecule has 1 aliphatic carbocycles. The van der Waals surface area contributed by atoms with Crippen molar-refractivity contribution < 1.29 is 4.79 Å². The first kappa shape index (κ1) is 21.7. The number of thioether (sulfide) groups is 1. The van der Waals surface area contributed by atoms with E-state index in [4.69, 9.17) is 11.6 Å². The quantitative estimate of drug-likeness (QED) is 0.336. The first-order valence-corrected chi connectivity index (χ1v) is 12.2. The maximum atomic E-state index is 13.2. The highest BCUT2D eigenvalue weighted by Crippen LogP contribution is 2.37. The van der Waals surface area contributed by atoms with Gasteiger partial charge in [-0.1, -0.05) is 84.0 Å². The number of carbonyl (C=O) groups excluding carboxylic acids is 1. The molecule has 5 nitrogen and oxygen atoms in total. The Hall–Kier alpha value is -3.09. The van der Waals surface area contributed by atoms with Crippen molar-refractivity contribution in [1.29, 1.82) is 0 Å². The zero-order valence-electron chi connectivity index (χ0n) is 17.9. The summed E-state index contributed by atoms with van der Waals surface area (Å²) >= 11 is 7.57. The lowest BCUT2D eigenvalue weighted by molar-refractivity contribution is -0.120. The van der Waals surface area contributed by atoms with E-state index in [2.05, 4.69) is 27.6 Å². The minimum absolute atomic E-state index is 0.00367. The van der Waals surface area contributed by atoms with Gasteiger partial charge >= 0.3 is 0 Å². The highest BCUT2D eigenvalue weighted by molar-refractivity contribution is 8.00. The van der Waals surface area contributed by atoms with Gasteiger partial charge in [-0.05, 0) is 48.2 Å². The Morgan fingerprint density at radius 3 is 2.30 bits per heavy atom.